The molecule has 1 fully saturated rings. The number of sulfonamides is 1. The van der Waals surface area contributed by atoms with Gasteiger partial charge in [0.1, 0.15) is 5.76 Å². The third-order valence-corrected chi connectivity index (χ3v) is 5.08. The second kappa shape index (κ2) is 6.07. The quantitative estimate of drug-likeness (QED) is 0.889. The summed E-state index contributed by atoms with van der Waals surface area (Å²) < 4.78 is 30.1. The SMILES string of the molecule is CC[C@@H]1CN(S(C)(=O)=O)CC[C@@H]1NCc1ccco1. The monoisotopic (exact) mass is 286 g/mol. The normalized spacial score (nSPS) is 25.6. The topological polar surface area (TPSA) is 62.6 Å². The van der Waals surface area contributed by atoms with E-state index in [0.717, 1.165) is 18.6 Å². The number of hydrogen-bond acceptors (Lipinski definition) is 4. The van der Waals surface area contributed by atoms with Crippen LogP contribution in [0.3, 0.4) is 0 Å². The Kier molecular flexibility index (Phi) is 4.65. The van der Waals surface area contributed by atoms with Crippen molar-refractivity contribution in [2.45, 2.75) is 32.4 Å². The Bertz CT molecular complexity index is 484. The lowest BCUT2D eigenvalue weighted by Crippen LogP contribution is -2.50. The summed E-state index contributed by atoms with van der Waals surface area (Å²) in [4.78, 5) is 0. The molecular formula is C13H22N2O3S. The lowest BCUT2D eigenvalue weighted by Gasteiger charge is -2.37. The van der Waals surface area contributed by atoms with Crippen molar-refractivity contribution in [2.24, 2.45) is 5.92 Å². The zero-order valence-electron chi connectivity index (χ0n) is 11.5. The molecule has 0 aromatic carbocycles. The first kappa shape index (κ1) is 14.6. The van der Waals surface area contributed by atoms with Crippen LogP contribution in [0.4, 0.5) is 0 Å². The fraction of sp³-hybridized carbons (Fsp3) is 0.692. The van der Waals surface area contributed by atoms with Gasteiger partial charge in [-0.25, -0.2) is 12.7 Å². The first-order valence-electron chi connectivity index (χ1n) is 6.71. The molecule has 1 aromatic rings. The maximum Gasteiger partial charge on any atom is 0.211 e. The summed E-state index contributed by atoms with van der Waals surface area (Å²) in [6.45, 7) is 4.03. The largest absolute Gasteiger partial charge is 0.468 e. The van der Waals surface area contributed by atoms with Crippen molar-refractivity contribution in [1.29, 1.82) is 0 Å². The van der Waals surface area contributed by atoms with Gasteiger partial charge >= 0.3 is 0 Å². The molecule has 0 unspecified atom stereocenters. The van der Waals surface area contributed by atoms with Crippen LogP contribution in [0.2, 0.25) is 0 Å². The van der Waals surface area contributed by atoms with Gasteiger partial charge in [0, 0.05) is 19.1 Å². The van der Waals surface area contributed by atoms with Crippen molar-refractivity contribution in [2.75, 3.05) is 19.3 Å². The Morgan fingerprint density at radius 2 is 2.32 bits per heavy atom. The van der Waals surface area contributed by atoms with Crippen LogP contribution in [-0.2, 0) is 16.6 Å². The van der Waals surface area contributed by atoms with Gasteiger partial charge in [0.25, 0.3) is 0 Å². The Hall–Kier alpha value is -0.850. The Balaban J connectivity index is 1.92. The highest BCUT2D eigenvalue weighted by Gasteiger charge is 2.31. The lowest BCUT2D eigenvalue weighted by atomic mass is 9.91. The molecule has 19 heavy (non-hydrogen) atoms. The number of nitrogens with one attached hydrogen (secondary N) is 1. The van der Waals surface area contributed by atoms with Gasteiger partial charge in [-0.3, -0.25) is 0 Å². The molecule has 1 aromatic heterocycles. The lowest BCUT2D eigenvalue weighted by molar-refractivity contribution is 0.199. The van der Waals surface area contributed by atoms with E-state index in [1.165, 1.54) is 6.26 Å². The summed E-state index contributed by atoms with van der Waals surface area (Å²) in [5.74, 6) is 1.28. The van der Waals surface area contributed by atoms with E-state index in [4.69, 9.17) is 4.42 Å². The highest BCUT2D eigenvalue weighted by atomic mass is 32.2. The Labute approximate surface area is 115 Å². The van der Waals surface area contributed by atoms with Crippen molar-refractivity contribution in [3.8, 4) is 0 Å². The van der Waals surface area contributed by atoms with Gasteiger partial charge in [-0.2, -0.15) is 0 Å². The van der Waals surface area contributed by atoms with Crippen LogP contribution in [0, 0.1) is 5.92 Å². The summed E-state index contributed by atoms with van der Waals surface area (Å²) >= 11 is 0. The van der Waals surface area contributed by atoms with E-state index in [9.17, 15) is 8.42 Å². The smallest absolute Gasteiger partial charge is 0.211 e. The Morgan fingerprint density at radius 3 is 2.89 bits per heavy atom. The van der Waals surface area contributed by atoms with Crippen LogP contribution in [0.1, 0.15) is 25.5 Å². The van der Waals surface area contributed by atoms with Gasteiger partial charge in [-0.05, 0) is 24.5 Å². The van der Waals surface area contributed by atoms with Crippen LogP contribution < -0.4 is 5.32 Å². The van der Waals surface area contributed by atoms with Crippen LogP contribution in [-0.4, -0.2) is 38.1 Å². The minimum absolute atomic E-state index is 0.355. The fourth-order valence-electron chi connectivity index (χ4n) is 2.63. The van der Waals surface area contributed by atoms with Gasteiger partial charge < -0.3 is 9.73 Å². The predicted molar refractivity (Wildman–Crippen MR) is 74.2 cm³/mol. The molecular weight excluding hydrogens is 264 g/mol. The average molecular weight is 286 g/mol. The summed E-state index contributed by atoms with van der Waals surface area (Å²) in [6, 6.07) is 4.17. The third-order valence-electron chi connectivity index (χ3n) is 3.81. The first-order valence-corrected chi connectivity index (χ1v) is 8.56. The van der Waals surface area contributed by atoms with Crippen LogP contribution in [0.25, 0.3) is 0 Å². The van der Waals surface area contributed by atoms with E-state index >= 15 is 0 Å². The molecule has 0 amide bonds. The van der Waals surface area contributed by atoms with E-state index in [1.54, 1.807) is 10.6 Å². The van der Waals surface area contributed by atoms with Crippen LogP contribution >= 0.6 is 0 Å². The molecule has 5 nitrogen and oxygen atoms in total. The minimum Gasteiger partial charge on any atom is -0.468 e. The van der Waals surface area contributed by atoms with Crippen molar-refractivity contribution in [1.82, 2.24) is 9.62 Å². The first-order chi connectivity index (χ1) is 9.00. The minimum atomic E-state index is -3.06. The summed E-state index contributed by atoms with van der Waals surface area (Å²) in [7, 11) is -3.06. The van der Waals surface area contributed by atoms with E-state index in [-0.39, 0.29) is 0 Å². The standard InChI is InChI=1S/C13H22N2O3S/c1-3-11-10-15(19(2,16)17)7-6-13(11)14-9-12-5-4-8-18-12/h4-5,8,11,13-14H,3,6-7,9-10H2,1-2H3/t11-,13+/m1/s1. The fourth-order valence-corrected chi connectivity index (χ4v) is 3.53. The van der Waals surface area contributed by atoms with Crippen molar-refractivity contribution in [3.63, 3.8) is 0 Å². The molecule has 2 heterocycles. The van der Waals surface area contributed by atoms with Gasteiger partial charge in [0.05, 0.1) is 19.1 Å². The van der Waals surface area contributed by atoms with E-state index < -0.39 is 10.0 Å². The van der Waals surface area contributed by atoms with Crippen LogP contribution in [0.15, 0.2) is 22.8 Å². The molecule has 0 saturated carbocycles. The molecule has 0 bridgehead atoms. The highest BCUT2D eigenvalue weighted by molar-refractivity contribution is 7.88. The molecule has 1 aliphatic heterocycles. The zero-order valence-corrected chi connectivity index (χ0v) is 12.3. The third kappa shape index (κ3) is 3.81. The van der Waals surface area contributed by atoms with Crippen molar-refractivity contribution in [3.05, 3.63) is 24.2 Å². The number of rotatable bonds is 5. The van der Waals surface area contributed by atoms with E-state index in [0.29, 0.717) is 31.6 Å². The molecule has 1 N–H and O–H groups in total. The number of nitrogens with zero attached hydrogens (tertiary/aromatic N) is 1. The molecule has 1 aliphatic rings. The summed E-state index contributed by atoms with van der Waals surface area (Å²) in [5, 5.41) is 3.48. The average Bonchev–Trinajstić information content (AvgIpc) is 2.88. The molecule has 2 atom stereocenters. The molecule has 0 radical (unpaired) electrons. The summed E-state index contributed by atoms with van der Waals surface area (Å²) in [6.07, 6.45) is 4.78. The molecule has 6 heteroatoms. The molecule has 108 valence electrons. The maximum absolute atomic E-state index is 11.6. The summed E-state index contributed by atoms with van der Waals surface area (Å²) in [5.41, 5.74) is 0. The maximum atomic E-state index is 11.6. The van der Waals surface area contributed by atoms with E-state index in [2.05, 4.69) is 12.2 Å². The number of hydrogen-bond donors (Lipinski definition) is 1. The highest BCUT2D eigenvalue weighted by Crippen LogP contribution is 2.22. The number of piperidine rings is 1. The second-order valence-electron chi connectivity index (χ2n) is 5.14. The van der Waals surface area contributed by atoms with Gasteiger partial charge in [-0.15, -0.1) is 0 Å². The molecule has 0 aliphatic carbocycles. The predicted octanol–water partition coefficient (Wildman–Crippen LogP) is 1.43. The Morgan fingerprint density at radius 1 is 1.53 bits per heavy atom. The van der Waals surface area contributed by atoms with Gasteiger partial charge in [-0.1, -0.05) is 13.3 Å². The van der Waals surface area contributed by atoms with Gasteiger partial charge in [0.15, 0.2) is 0 Å². The van der Waals surface area contributed by atoms with Crippen LogP contribution in [0.5, 0.6) is 0 Å². The van der Waals surface area contributed by atoms with E-state index in [1.807, 2.05) is 12.1 Å². The van der Waals surface area contributed by atoms with Crippen molar-refractivity contribution >= 4 is 10.0 Å². The number of furan rings is 1. The molecule has 0 spiro atoms. The van der Waals surface area contributed by atoms with Gasteiger partial charge in [0.2, 0.25) is 10.0 Å². The van der Waals surface area contributed by atoms with Crippen molar-refractivity contribution < 1.29 is 12.8 Å². The zero-order chi connectivity index (χ0) is 13.9. The second-order valence-corrected chi connectivity index (χ2v) is 7.13. The molecule has 1 saturated heterocycles. The molecule has 2 rings (SSSR count).